The lowest BCUT2D eigenvalue weighted by Crippen LogP contribution is -2.30. The van der Waals surface area contributed by atoms with Gasteiger partial charge in [-0.3, -0.25) is 4.79 Å². The standard InChI is InChI=1S/C13H17NO4S/c1-7-8(2)19-12(10(7)13(16)17)14-11(15)9-4-3-5-18-6-9/h9H,3-6H2,1-2H3,(H,14,15)(H,16,17). The van der Waals surface area contributed by atoms with E-state index in [-0.39, 0.29) is 17.4 Å². The van der Waals surface area contributed by atoms with Gasteiger partial charge in [0.1, 0.15) is 5.00 Å². The van der Waals surface area contributed by atoms with Crippen LogP contribution in [0.25, 0.3) is 0 Å². The highest BCUT2D eigenvalue weighted by Crippen LogP contribution is 2.33. The van der Waals surface area contributed by atoms with Crippen LogP contribution >= 0.6 is 11.3 Å². The average Bonchev–Trinajstić information content (AvgIpc) is 2.65. The first-order valence-corrected chi connectivity index (χ1v) is 7.04. The fraction of sp³-hybridized carbons (Fsp3) is 0.538. The maximum Gasteiger partial charge on any atom is 0.338 e. The van der Waals surface area contributed by atoms with Gasteiger partial charge in [0.15, 0.2) is 0 Å². The quantitative estimate of drug-likeness (QED) is 0.893. The van der Waals surface area contributed by atoms with Crippen LogP contribution in [-0.2, 0) is 9.53 Å². The molecule has 1 atom stereocenters. The zero-order valence-electron chi connectivity index (χ0n) is 11.0. The number of hydrogen-bond acceptors (Lipinski definition) is 4. The highest BCUT2D eigenvalue weighted by atomic mass is 32.1. The highest BCUT2D eigenvalue weighted by molar-refractivity contribution is 7.16. The second-order valence-electron chi connectivity index (χ2n) is 4.70. The molecule has 104 valence electrons. The molecule has 1 aromatic heterocycles. The molecule has 0 saturated carbocycles. The van der Waals surface area contributed by atoms with Crippen LogP contribution in [0.5, 0.6) is 0 Å². The van der Waals surface area contributed by atoms with E-state index in [9.17, 15) is 14.7 Å². The fourth-order valence-corrected chi connectivity index (χ4v) is 3.19. The van der Waals surface area contributed by atoms with Gasteiger partial charge in [0.25, 0.3) is 0 Å². The highest BCUT2D eigenvalue weighted by Gasteiger charge is 2.25. The first-order valence-electron chi connectivity index (χ1n) is 6.22. The third-order valence-electron chi connectivity index (χ3n) is 3.37. The number of amides is 1. The summed E-state index contributed by atoms with van der Waals surface area (Å²) in [6.07, 6.45) is 1.66. The van der Waals surface area contributed by atoms with Crippen LogP contribution < -0.4 is 5.32 Å². The van der Waals surface area contributed by atoms with E-state index in [0.29, 0.717) is 23.8 Å². The number of carboxylic acid groups (broad SMARTS) is 1. The number of carbonyl (C=O) groups excluding carboxylic acids is 1. The Morgan fingerprint density at radius 3 is 2.74 bits per heavy atom. The molecule has 1 aromatic rings. The number of nitrogens with one attached hydrogen (secondary N) is 1. The fourth-order valence-electron chi connectivity index (χ4n) is 2.13. The third kappa shape index (κ3) is 2.96. The molecule has 2 rings (SSSR count). The zero-order valence-corrected chi connectivity index (χ0v) is 11.8. The molecule has 1 fully saturated rings. The number of thiophene rings is 1. The number of aromatic carboxylic acids is 1. The summed E-state index contributed by atoms with van der Waals surface area (Å²) in [5, 5.41) is 12.4. The van der Waals surface area contributed by atoms with Gasteiger partial charge in [0.2, 0.25) is 5.91 Å². The summed E-state index contributed by atoms with van der Waals surface area (Å²) in [5.74, 6) is -1.33. The van der Waals surface area contributed by atoms with Gasteiger partial charge in [-0.1, -0.05) is 0 Å². The Kier molecular flexibility index (Phi) is 4.21. The molecule has 1 unspecified atom stereocenters. The first-order chi connectivity index (χ1) is 9.00. The third-order valence-corrected chi connectivity index (χ3v) is 4.49. The predicted octanol–water partition coefficient (Wildman–Crippen LogP) is 2.43. The van der Waals surface area contributed by atoms with Gasteiger partial charge in [-0.25, -0.2) is 4.79 Å². The second kappa shape index (κ2) is 5.71. The molecule has 5 nitrogen and oxygen atoms in total. The molecule has 0 aromatic carbocycles. The van der Waals surface area contributed by atoms with Gasteiger partial charge in [-0.2, -0.15) is 0 Å². The summed E-state index contributed by atoms with van der Waals surface area (Å²) in [6.45, 7) is 4.72. The summed E-state index contributed by atoms with van der Waals surface area (Å²) in [5.41, 5.74) is 0.917. The molecule has 1 amide bonds. The van der Waals surface area contributed by atoms with Crippen LogP contribution in [0.4, 0.5) is 5.00 Å². The summed E-state index contributed by atoms with van der Waals surface area (Å²) in [7, 11) is 0. The maximum absolute atomic E-state index is 12.1. The molecule has 1 saturated heterocycles. The lowest BCUT2D eigenvalue weighted by molar-refractivity contribution is -0.123. The monoisotopic (exact) mass is 283 g/mol. The number of aryl methyl sites for hydroxylation is 1. The van der Waals surface area contributed by atoms with Gasteiger partial charge >= 0.3 is 5.97 Å². The van der Waals surface area contributed by atoms with Crippen molar-refractivity contribution in [2.45, 2.75) is 26.7 Å². The molecule has 1 aliphatic heterocycles. The van der Waals surface area contributed by atoms with Crippen molar-refractivity contribution in [3.8, 4) is 0 Å². The van der Waals surface area contributed by atoms with E-state index in [1.807, 2.05) is 6.92 Å². The normalized spacial score (nSPS) is 19.2. The summed E-state index contributed by atoms with van der Waals surface area (Å²) < 4.78 is 5.27. The van der Waals surface area contributed by atoms with Crippen molar-refractivity contribution in [2.24, 2.45) is 5.92 Å². The minimum atomic E-state index is -1.00. The molecule has 19 heavy (non-hydrogen) atoms. The topological polar surface area (TPSA) is 75.6 Å². The van der Waals surface area contributed by atoms with Crippen LogP contribution in [0, 0.1) is 19.8 Å². The van der Waals surface area contributed by atoms with Crippen LogP contribution in [0.1, 0.15) is 33.6 Å². The molecule has 2 heterocycles. The Morgan fingerprint density at radius 1 is 1.42 bits per heavy atom. The van der Waals surface area contributed by atoms with Crippen LogP contribution in [0.3, 0.4) is 0 Å². The van der Waals surface area contributed by atoms with E-state index in [4.69, 9.17) is 4.74 Å². The molecule has 6 heteroatoms. The Hall–Kier alpha value is -1.40. The van der Waals surface area contributed by atoms with E-state index in [1.165, 1.54) is 11.3 Å². The lowest BCUT2D eigenvalue weighted by atomic mass is 10.0. The Morgan fingerprint density at radius 2 is 2.16 bits per heavy atom. The molecule has 0 spiro atoms. The largest absolute Gasteiger partial charge is 0.478 e. The number of carboxylic acids is 1. The van der Waals surface area contributed by atoms with Crippen molar-refractivity contribution in [2.75, 3.05) is 18.5 Å². The Balaban J connectivity index is 2.16. The molecule has 1 aliphatic rings. The molecule has 0 aliphatic carbocycles. The Bertz CT molecular complexity index is 503. The molecular weight excluding hydrogens is 266 g/mol. The van der Waals surface area contributed by atoms with Gasteiger partial charge in [-0.05, 0) is 32.3 Å². The molecule has 2 N–H and O–H groups in total. The maximum atomic E-state index is 12.1. The average molecular weight is 283 g/mol. The first kappa shape index (κ1) is 14.0. The lowest BCUT2D eigenvalue weighted by Gasteiger charge is -2.21. The van der Waals surface area contributed by atoms with Crippen LogP contribution in [-0.4, -0.2) is 30.2 Å². The number of carbonyl (C=O) groups is 2. The van der Waals surface area contributed by atoms with Crippen LogP contribution in [0.15, 0.2) is 0 Å². The van der Waals surface area contributed by atoms with Gasteiger partial charge in [-0.15, -0.1) is 11.3 Å². The molecular formula is C13H17NO4S. The van der Waals surface area contributed by atoms with Crippen molar-refractivity contribution in [3.05, 3.63) is 16.0 Å². The van der Waals surface area contributed by atoms with Crippen molar-refractivity contribution < 1.29 is 19.4 Å². The summed E-state index contributed by atoms with van der Waals surface area (Å²) >= 11 is 1.31. The number of anilines is 1. The Labute approximate surface area is 115 Å². The van der Waals surface area contributed by atoms with E-state index in [1.54, 1.807) is 6.92 Å². The minimum Gasteiger partial charge on any atom is -0.478 e. The summed E-state index contributed by atoms with van der Waals surface area (Å²) in [4.78, 5) is 24.2. The zero-order chi connectivity index (χ0) is 14.0. The van der Waals surface area contributed by atoms with Crippen LogP contribution in [0.2, 0.25) is 0 Å². The predicted molar refractivity (Wildman–Crippen MR) is 72.9 cm³/mol. The molecule has 0 radical (unpaired) electrons. The minimum absolute atomic E-state index is 0.150. The second-order valence-corrected chi connectivity index (χ2v) is 5.92. The van der Waals surface area contributed by atoms with Crippen molar-refractivity contribution in [3.63, 3.8) is 0 Å². The van der Waals surface area contributed by atoms with Gasteiger partial charge in [0, 0.05) is 11.5 Å². The van der Waals surface area contributed by atoms with Gasteiger partial charge in [0.05, 0.1) is 18.1 Å². The van der Waals surface area contributed by atoms with E-state index < -0.39 is 5.97 Å². The van der Waals surface area contributed by atoms with Crippen molar-refractivity contribution in [1.82, 2.24) is 0 Å². The smallest absolute Gasteiger partial charge is 0.338 e. The summed E-state index contributed by atoms with van der Waals surface area (Å²) in [6, 6.07) is 0. The number of ether oxygens (including phenoxy) is 1. The van der Waals surface area contributed by atoms with Gasteiger partial charge < -0.3 is 15.2 Å². The van der Waals surface area contributed by atoms with E-state index in [0.717, 1.165) is 17.7 Å². The van der Waals surface area contributed by atoms with Crippen molar-refractivity contribution in [1.29, 1.82) is 0 Å². The number of hydrogen-bond donors (Lipinski definition) is 2. The van der Waals surface area contributed by atoms with E-state index in [2.05, 4.69) is 5.32 Å². The molecule has 0 bridgehead atoms. The van der Waals surface area contributed by atoms with E-state index >= 15 is 0 Å². The SMILES string of the molecule is Cc1sc(NC(=O)C2CCCOC2)c(C(=O)O)c1C. The van der Waals surface area contributed by atoms with Crippen molar-refractivity contribution >= 4 is 28.2 Å². The number of rotatable bonds is 3.